The Morgan fingerprint density at radius 3 is 0.727 bits per heavy atom. The molecule has 0 heterocycles. The molecular weight excluding hydrogens is 226 g/mol. The van der Waals surface area contributed by atoms with Crippen molar-refractivity contribution in [3.8, 4) is 0 Å². The summed E-state index contributed by atoms with van der Waals surface area (Å²) in [5, 5.41) is 0. The first-order chi connectivity index (χ1) is 2.00. The molecule has 0 radical (unpaired) electrons. The minimum atomic E-state index is -5.75. The molecule has 0 spiro atoms. The zero-order valence-electron chi connectivity index (χ0n) is 6.04. The fourth-order valence-electron chi connectivity index (χ4n) is 0. The molecule has 0 aromatic carbocycles. The molecule has 0 amide bonds. The van der Waals surface area contributed by atoms with Crippen LogP contribution in [0.3, 0.4) is 0 Å². The van der Waals surface area contributed by atoms with Gasteiger partial charge in [-0.25, -0.2) is 0 Å². The van der Waals surface area contributed by atoms with Crippen LogP contribution in [-0.2, 0) is 21.2 Å². The molecule has 11 heteroatoms. The molecule has 0 bridgehead atoms. The second-order valence-electron chi connectivity index (χ2n) is 0.408. The van der Waals surface area contributed by atoms with Gasteiger partial charge in [0.1, 0.15) is 0 Å². The molecule has 64 valence electrons. The molecule has 0 aromatic heterocycles. The van der Waals surface area contributed by atoms with Crippen molar-refractivity contribution in [1.29, 1.82) is 0 Å². The number of hydrogen-bond acceptors (Lipinski definition) is 4. The van der Waals surface area contributed by atoms with Crippen molar-refractivity contribution in [1.82, 2.24) is 0 Å². The molecule has 0 aromatic rings. The molecular formula is H8CrNa2O8. The van der Waals surface area contributed by atoms with Crippen LogP contribution in [0.25, 0.3) is 0 Å². The maximum atomic E-state index is 8.59. The Labute approximate surface area is 109 Å². The van der Waals surface area contributed by atoms with E-state index in [2.05, 4.69) is 0 Å². The Bertz CT molecular complexity index is 95.3. The topological polar surface area (TPSA) is 206 Å². The summed E-state index contributed by atoms with van der Waals surface area (Å²) >= 11 is -5.75. The second-order valence-corrected chi connectivity index (χ2v) is 1.68. The Balaban J connectivity index is -0.00000000533. The maximum absolute atomic E-state index is 8.59. The molecule has 11 heavy (non-hydrogen) atoms. The van der Waals surface area contributed by atoms with Gasteiger partial charge in [0, 0.05) is 0 Å². The van der Waals surface area contributed by atoms with Gasteiger partial charge < -0.3 is 21.9 Å². The predicted octanol–water partition coefficient (Wildman–Crippen LogP) is -11.9. The average Bonchev–Trinajstić information content (AvgIpc) is 0.722. The number of hydrogen-bond donors (Lipinski definition) is 0. The average molecular weight is 234 g/mol. The van der Waals surface area contributed by atoms with E-state index < -0.39 is 13.6 Å². The van der Waals surface area contributed by atoms with Crippen LogP contribution in [0.2, 0.25) is 0 Å². The predicted molar refractivity (Wildman–Crippen MR) is 15.8 cm³/mol. The van der Waals surface area contributed by atoms with Gasteiger partial charge in [0.25, 0.3) is 0 Å². The Morgan fingerprint density at radius 1 is 0.727 bits per heavy atom. The molecule has 0 fully saturated rings. The van der Waals surface area contributed by atoms with Crippen molar-refractivity contribution in [3.63, 3.8) is 0 Å². The van der Waals surface area contributed by atoms with Crippen molar-refractivity contribution >= 4 is 0 Å². The van der Waals surface area contributed by atoms with Crippen molar-refractivity contribution in [2.45, 2.75) is 0 Å². The molecule has 8 N–H and O–H groups in total. The van der Waals surface area contributed by atoms with E-state index in [1.807, 2.05) is 0 Å². The first-order valence-electron chi connectivity index (χ1n) is 0.667. The van der Waals surface area contributed by atoms with E-state index in [9.17, 15) is 0 Å². The van der Waals surface area contributed by atoms with Crippen molar-refractivity contribution < 1.29 is 111 Å². The molecule has 0 aliphatic carbocycles. The summed E-state index contributed by atoms with van der Waals surface area (Å²) < 4.78 is 34.4. The van der Waals surface area contributed by atoms with Gasteiger partial charge in [0.05, 0.1) is 0 Å². The summed E-state index contributed by atoms with van der Waals surface area (Å²) in [6.07, 6.45) is 0. The zero-order valence-corrected chi connectivity index (χ0v) is 11.3. The van der Waals surface area contributed by atoms with Crippen molar-refractivity contribution in [2.24, 2.45) is 0 Å². The van der Waals surface area contributed by atoms with E-state index in [0.29, 0.717) is 0 Å². The Morgan fingerprint density at radius 2 is 0.727 bits per heavy atom. The van der Waals surface area contributed by atoms with E-state index >= 15 is 0 Å². The molecule has 0 saturated heterocycles. The molecule has 0 rings (SSSR count). The first kappa shape index (κ1) is 52.5. The van der Waals surface area contributed by atoms with Crippen LogP contribution in [0.5, 0.6) is 0 Å². The fraction of sp³-hybridized carbons (Fsp3) is 0. The third kappa shape index (κ3) is 325. The number of rotatable bonds is 0. The minimum absolute atomic E-state index is 0. The summed E-state index contributed by atoms with van der Waals surface area (Å²) in [5.41, 5.74) is 0. The fourth-order valence-corrected chi connectivity index (χ4v) is 0. The van der Waals surface area contributed by atoms with E-state index in [1.54, 1.807) is 0 Å². The van der Waals surface area contributed by atoms with Crippen LogP contribution >= 0.6 is 0 Å². The van der Waals surface area contributed by atoms with Crippen LogP contribution in [-0.4, -0.2) is 21.9 Å². The third-order valence-corrected chi connectivity index (χ3v) is 0. The van der Waals surface area contributed by atoms with Crippen LogP contribution in [0.1, 0.15) is 0 Å². The van der Waals surface area contributed by atoms with E-state index in [4.69, 9.17) is 15.9 Å². The van der Waals surface area contributed by atoms with Gasteiger partial charge in [-0.2, -0.15) is 0 Å². The van der Waals surface area contributed by atoms with Crippen LogP contribution in [0.15, 0.2) is 0 Å². The normalized spacial score (nSPS) is 5.27. The summed E-state index contributed by atoms with van der Waals surface area (Å²) in [4.78, 5) is 0. The van der Waals surface area contributed by atoms with Crippen LogP contribution in [0, 0.1) is 0 Å². The van der Waals surface area contributed by atoms with Gasteiger partial charge in [0.2, 0.25) is 0 Å². The quantitative estimate of drug-likeness (QED) is 0.373. The molecule has 8 nitrogen and oxygen atoms in total. The van der Waals surface area contributed by atoms with Gasteiger partial charge in [-0.3, -0.25) is 0 Å². The second kappa shape index (κ2) is 22.7. The molecule has 0 aliphatic rings. The summed E-state index contributed by atoms with van der Waals surface area (Å²) in [5.74, 6) is 0. The van der Waals surface area contributed by atoms with Gasteiger partial charge in [-0.05, 0) is 0 Å². The van der Waals surface area contributed by atoms with Crippen molar-refractivity contribution in [2.75, 3.05) is 0 Å². The first-order valence-corrected chi connectivity index (χ1v) is 2.75. The Kier molecular flexibility index (Phi) is 108. The molecule has 0 saturated carbocycles. The molecule has 0 atom stereocenters. The molecule has 0 unspecified atom stereocenters. The SMILES string of the molecule is O.O.O.O.[Na+].[Na+].[O]=[Cr](=[O])([O-])[O-]. The zero-order chi connectivity index (χ0) is 4.50. The van der Waals surface area contributed by atoms with E-state index in [-0.39, 0.29) is 81.0 Å². The van der Waals surface area contributed by atoms with Crippen LogP contribution < -0.4 is 67.4 Å². The standard InChI is InChI=1S/Cr.2Na.4H2O.4O/h;;;4*1H2;;;;/q;2*+1;;;;;;;2*-1. The summed E-state index contributed by atoms with van der Waals surface area (Å²) in [7, 11) is 0. The van der Waals surface area contributed by atoms with Crippen LogP contribution in [0.4, 0.5) is 0 Å². The van der Waals surface area contributed by atoms with Gasteiger partial charge in [-0.15, -0.1) is 0 Å². The van der Waals surface area contributed by atoms with E-state index in [0.717, 1.165) is 0 Å². The monoisotopic (exact) mass is 234 g/mol. The van der Waals surface area contributed by atoms with Crippen molar-refractivity contribution in [3.05, 3.63) is 0 Å². The summed E-state index contributed by atoms with van der Waals surface area (Å²) in [6.45, 7) is 0. The van der Waals surface area contributed by atoms with E-state index in [1.165, 1.54) is 0 Å². The Hall–Kier alpha value is 1.89. The third-order valence-electron chi connectivity index (χ3n) is 0. The summed E-state index contributed by atoms with van der Waals surface area (Å²) in [6, 6.07) is 0. The van der Waals surface area contributed by atoms with Gasteiger partial charge >= 0.3 is 88.7 Å². The van der Waals surface area contributed by atoms with Gasteiger partial charge in [0.15, 0.2) is 0 Å². The molecule has 0 aliphatic heterocycles. The van der Waals surface area contributed by atoms with Gasteiger partial charge in [-0.1, -0.05) is 0 Å².